The Morgan fingerprint density at radius 1 is 1.47 bits per heavy atom. The smallest absolute Gasteiger partial charge is 0.335 e. The number of aromatic nitrogens is 2. The first kappa shape index (κ1) is 12.2. The van der Waals surface area contributed by atoms with Crippen LogP contribution in [0.3, 0.4) is 0 Å². The molecule has 2 aromatic rings. The molecule has 1 aromatic carbocycles. The van der Waals surface area contributed by atoms with E-state index in [1.54, 1.807) is 18.2 Å². The highest BCUT2D eigenvalue weighted by atomic mass is 16.4. The maximum Gasteiger partial charge on any atom is 0.335 e. The lowest BCUT2D eigenvalue weighted by molar-refractivity contribution is 0.0697. The fourth-order valence-corrected chi connectivity index (χ4v) is 2.87. The zero-order valence-corrected chi connectivity index (χ0v) is 11.1. The largest absolute Gasteiger partial charge is 0.478 e. The number of nitrogens with zero attached hydrogens (tertiary/aromatic N) is 2. The molecule has 0 bridgehead atoms. The summed E-state index contributed by atoms with van der Waals surface area (Å²) in [5.41, 5.74) is 2.57. The summed E-state index contributed by atoms with van der Waals surface area (Å²) in [4.78, 5) is 15.4. The standard InChI is InChI=1S/C15H18N2O2/c1-2-5-15(6-7-15)9-17-10-16-12-4-3-11(14(18)19)8-13(12)17/h3-4,8,10H,2,5-7,9H2,1H3,(H,18,19). The Morgan fingerprint density at radius 2 is 2.26 bits per heavy atom. The van der Waals surface area contributed by atoms with Gasteiger partial charge >= 0.3 is 5.97 Å². The van der Waals surface area contributed by atoms with Crippen LogP contribution < -0.4 is 0 Å². The fraction of sp³-hybridized carbons (Fsp3) is 0.467. The topological polar surface area (TPSA) is 55.1 Å². The van der Waals surface area contributed by atoms with E-state index in [9.17, 15) is 4.79 Å². The van der Waals surface area contributed by atoms with E-state index in [0.717, 1.165) is 17.6 Å². The second kappa shape index (κ2) is 4.37. The molecule has 0 radical (unpaired) electrons. The van der Waals surface area contributed by atoms with Gasteiger partial charge in [-0.05, 0) is 42.9 Å². The van der Waals surface area contributed by atoms with Gasteiger partial charge in [-0.3, -0.25) is 0 Å². The molecule has 0 saturated heterocycles. The number of carbonyl (C=O) groups is 1. The van der Waals surface area contributed by atoms with E-state index >= 15 is 0 Å². The average molecular weight is 258 g/mol. The van der Waals surface area contributed by atoms with Crippen molar-refractivity contribution in [2.45, 2.75) is 39.2 Å². The molecule has 0 amide bonds. The van der Waals surface area contributed by atoms with Crippen LogP contribution in [0.5, 0.6) is 0 Å². The normalized spacial score (nSPS) is 16.7. The number of hydrogen-bond donors (Lipinski definition) is 1. The molecular formula is C15H18N2O2. The maximum atomic E-state index is 11.0. The van der Waals surface area contributed by atoms with Crippen LogP contribution in [-0.2, 0) is 6.54 Å². The SMILES string of the molecule is CCCC1(Cn2cnc3ccc(C(=O)O)cc32)CC1. The molecule has 0 aliphatic heterocycles. The fourth-order valence-electron chi connectivity index (χ4n) is 2.87. The monoisotopic (exact) mass is 258 g/mol. The Balaban J connectivity index is 1.95. The van der Waals surface area contributed by atoms with E-state index in [-0.39, 0.29) is 0 Å². The molecule has 0 atom stereocenters. The predicted molar refractivity (Wildman–Crippen MR) is 73.3 cm³/mol. The zero-order chi connectivity index (χ0) is 13.5. The Morgan fingerprint density at radius 3 is 2.89 bits per heavy atom. The van der Waals surface area contributed by atoms with Crippen LogP contribution in [0.25, 0.3) is 11.0 Å². The van der Waals surface area contributed by atoms with Gasteiger partial charge in [0.2, 0.25) is 0 Å². The van der Waals surface area contributed by atoms with Crippen molar-refractivity contribution in [3.05, 3.63) is 30.1 Å². The second-order valence-electron chi connectivity index (χ2n) is 5.63. The van der Waals surface area contributed by atoms with Gasteiger partial charge in [-0.25, -0.2) is 9.78 Å². The number of fused-ring (bicyclic) bond motifs is 1. The van der Waals surface area contributed by atoms with Crippen LogP contribution in [0.15, 0.2) is 24.5 Å². The second-order valence-corrected chi connectivity index (χ2v) is 5.63. The molecule has 4 heteroatoms. The van der Waals surface area contributed by atoms with Gasteiger partial charge in [0, 0.05) is 6.54 Å². The van der Waals surface area contributed by atoms with Crippen LogP contribution in [-0.4, -0.2) is 20.6 Å². The summed E-state index contributed by atoms with van der Waals surface area (Å²) in [5, 5.41) is 9.07. The molecule has 1 aliphatic rings. The first-order valence-corrected chi connectivity index (χ1v) is 6.82. The van der Waals surface area contributed by atoms with Crippen LogP contribution >= 0.6 is 0 Å². The summed E-state index contributed by atoms with van der Waals surface area (Å²) in [6.07, 6.45) is 6.84. The van der Waals surface area contributed by atoms with Crippen LogP contribution in [0.4, 0.5) is 0 Å². The molecular weight excluding hydrogens is 240 g/mol. The quantitative estimate of drug-likeness (QED) is 0.895. The van der Waals surface area contributed by atoms with Crippen LogP contribution in [0.2, 0.25) is 0 Å². The van der Waals surface area contributed by atoms with Gasteiger partial charge in [-0.2, -0.15) is 0 Å². The molecule has 4 nitrogen and oxygen atoms in total. The van der Waals surface area contributed by atoms with Crippen molar-refractivity contribution >= 4 is 17.0 Å². The molecule has 1 heterocycles. The number of carboxylic acid groups (broad SMARTS) is 1. The van der Waals surface area contributed by atoms with Crippen molar-refractivity contribution in [2.75, 3.05) is 0 Å². The van der Waals surface area contributed by atoms with Gasteiger partial charge in [0.25, 0.3) is 0 Å². The van der Waals surface area contributed by atoms with E-state index in [1.807, 2.05) is 6.33 Å². The van der Waals surface area contributed by atoms with Crippen molar-refractivity contribution in [1.29, 1.82) is 0 Å². The Kier molecular flexibility index (Phi) is 2.81. The third kappa shape index (κ3) is 2.23. The molecule has 0 spiro atoms. The van der Waals surface area contributed by atoms with Gasteiger partial charge in [0.05, 0.1) is 22.9 Å². The summed E-state index contributed by atoms with van der Waals surface area (Å²) in [5.74, 6) is -0.885. The molecule has 1 N–H and O–H groups in total. The summed E-state index contributed by atoms with van der Waals surface area (Å²) in [6, 6.07) is 5.13. The zero-order valence-electron chi connectivity index (χ0n) is 11.1. The van der Waals surface area contributed by atoms with Crippen molar-refractivity contribution in [3.8, 4) is 0 Å². The average Bonchev–Trinajstić information content (AvgIpc) is 3.03. The number of imidazole rings is 1. The van der Waals surface area contributed by atoms with E-state index in [1.165, 1.54) is 25.7 Å². The lowest BCUT2D eigenvalue weighted by Gasteiger charge is -2.15. The van der Waals surface area contributed by atoms with E-state index in [4.69, 9.17) is 5.11 Å². The van der Waals surface area contributed by atoms with Crippen LogP contribution in [0.1, 0.15) is 43.0 Å². The first-order valence-electron chi connectivity index (χ1n) is 6.82. The molecule has 1 aromatic heterocycles. The summed E-state index contributed by atoms with van der Waals surface area (Å²) >= 11 is 0. The molecule has 19 heavy (non-hydrogen) atoms. The van der Waals surface area contributed by atoms with Crippen molar-refractivity contribution in [3.63, 3.8) is 0 Å². The van der Waals surface area contributed by atoms with Crippen LogP contribution in [0, 0.1) is 5.41 Å². The van der Waals surface area contributed by atoms with Gasteiger partial charge in [0.15, 0.2) is 0 Å². The summed E-state index contributed by atoms with van der Waals surface area (Å²) in [6.45, 7) is 3.18. The summed E-state index contributed by atoms with van der Waals surface area (Å²) < 4.78 is 2.12. The minimum Gasteiger partial charge on any atom is -0.478 e. The van der Waals surface area contributed by atoms with Gasteiger partial charge in [0.1, 0.15) is 0 Å². The number of rotatable bonds is 5. The number of carboxylic acids is 1. The number of benzene rings is 1. The highest BCUT2D eigenvalue weighted by molar-refractivity contribution is 5.92. The van der Waals surface area contributed by atoms with E-state index < -0.39 is 5.97 Å². The molecule has 1 fully saturated rings. The molecule has 0 unspecified atom stereocenters. The van der Waals surface area contributed by atoms with Gasteiger partial charge in [-0.15, -0.1) is 0 Å². The predicted octanol–water partition coefficient (Wildman–Crippen LogP) is 3.31. The minimum absolute atomic E-state index is 0.328. The molecule has 100 valence electrons. The van der Waals surface area contributed by atoms with E-state index in [2.05, 4.69) is 16.5 Å². The third-order valence-corrected chi connectivity index (χ3v) is 4.11. The maximum absolute atomic E-state index is 11.0. The highest BCUT2D eigenvalue weighted by Gasteiger charge is 2.41. The summed E-state index contributed by atoms with van der Waals surface area (Å²) in [7, 11) is 0. The molecule has 3 rings (SSSR count). The van der Waals surface area contributed by atoms with Crippen molar-refractivity contribution in [1.82, 2.24) is 9.55 Å². The molecule has 1 aliphatic carbocycles. The first-order chi connectivity index (χ1) is 9.13. The Hall–Kier alpha value is -1.84. The lowest BCUT2D eigenvalue weighted by Crippen LogP contribution is -2.10. The van der Waals surface area contributed by atoms with Gasteiger partial charge < -0.3 is 9.67 Å². The van der Waals surface area contributed by atoms with E-state index in [0.29, 0.717) is 11.0 Å². The minimum atomic E-state index is -0.885. The highest BCUT2D eigenvalue weighted by Crippen LogP contribution is 2.51. The van der Waals surface area contributed by atoms with Crippen molar-refractivity contribution in [2.24, 2.45) is 5.41 Å². The van der Waals surface area contributed by atoms with Gasteiger partial charge in [-0.1, -0.05) is 13.3 Å². The molecule has 1 saturated carbocycles. The number of aromatic carboxylic acids is 1. The lowest BCUT2D eigenvalue weighted by atomic mass is 10.0. The van der Waals surface area contributed by atoms with Crippen molar-refractivity contribution < 1.29 is 9.90 Å². The Bertz CT molecular complexity index is 626. The third-order valence-electron chi connectivity index (χ3n) is 4.11. The number of hydrogen-bond acceptors (Lipinski definition) is 2. The Labute approximate surface area is 112 Å².